The van der Waals surface area contributed by atoms with Gasteiger partial charge >= 0.3 is 0 Å². The number of rotatable bonds is 7. The Morgan fingerprint density at radius 2 is 2.21 bits per heavy atom. The van der Waals surface area contributed by atoms with Crippen molar-refractivity contribution in [1.82, 2.24) is 9.66 Å². The van der Waals surface area contributed by atoms with Gasteiger partial charge < -0.3 is 13.9 Å². The van der Waals surface area contributed by atoms with Crippen LogP contribution in [0, 0.1) is 0 Å². The second kappa shape index (κ2) is 8.32. The second-order valence-electron chi connectivity index (χ2n) is 6.20. The number of methoxy groups -OCH3 is 1. The molecule has 8 heteroatoms. The highest BCUT2D eigenvalue weighted by atomic mass is 32.1. The van der Waals surface area contributed by atoms with E-state index in [1.807, 2.05) is 36.6 Å². The second-order valence-corrected chi connectivity index (χ2v) is 7.06. The van der Waals surface area contributed by atoms with E-state index in [0.717, 1.165) is 17.5 Å². The zero-order valence-corrected chi connectivity index (χ0v) is 16.8. The summed E-state index contributed by atoms with van der Waals surface area (Å²) >= 11 is 1.40. The average molecular weight is 409 g/mol. The molecule has 0 saturated carbocycles. The van der Waals surface area contributed by atoms with Gasteiger partial charge in [0.05, 0.1) is 31.6 Å². The topological polar surface area (TPSA) is 78.9 Å². The summed E-state index contributed by atoms with van der Waals surface area (Å²) in [5, 5.41) is 6.65. The summed E-state index contributed by atoms with van der Waals surface area (Å²) in [6.07, 6.45) is 5.49. The molecular formula is C21H19N3O4S. The van der Waals surface area contributed by atoms with E-state index in [4.69, 9.17) is 13.9 Å². The lowest BCUT2D eigenvalue weighted by molar-refractivity contribution is 0.294. The van der Waals surface area contributed by atoms with E-state index in [0.29, 0.717) is 34.1 Å². The lowest BCUT2D eigenvalue weighted by atomic mass is 10.2. The van der Waals surface area contributed by atoms with Crippen LogP contribution in [0.2, 0.25) is 0 Å². The molecule has 0 N–H and O–H groups in total. The number of benzene rings is 1. The molecule has 4 rings (SSSR count). The molecule has 0 unspecified atom stereocenters. The molecule has 0 amide bonds. The zero-order valence-electron chi connectivity index (χ0n) is 16.0. The van der Waals surface area contributed by atoms with Crippen molar-refractivity contribution in [2.75, 3.05) is 13.7 Å². The lowest BCUT2D eigenvalue weighted by Crippen LogP contribution is -2.16. The van der Waals surface area contributed by atoms with Crippen LogP contribution in [0.3, 0.4) is 0 Å². The fourth-order valence-electron chi connectivity index (χ4n) is 2.84. The van der Waals surface area contributed by atoms with Gasteiger partial charge in [0.25, 0.3) is 5.56 Å². The van der Waals surface area contributed by atoms with Crippen molar-refractivity contribution in [2.24, 2.45) is 5.10 Å². The van der Waals surface area contributed by atoms with Crippen molar-refractivity contribution in [2.45, 2.75) is 13.3 Å². The predicted molar refractivity (Wildman–Crippen MR) is 113 cm³/mol. The first kappa shape index (κ1) is 18.9. The summed E-state index contributed by atoms with van der Waals surface area (Å²) in [5.41, 5.74) is 1.24. The molecule has 0 fully saturated rings. The molecule has 3 heterocycles. The van der Waals surface area contributed by atoms with Crippen LogP contribution in [0.1, 0.15) is 18.9 Å². The van der Waals surface area contributed by atoms with Crippen LogP contribution < -0.4 is 15.0 Å². The summed E-state index contributed by atoms with van der Waals surface area (Å²) < 4.78 is 17.7. The van der Waals surface area contributed by atoms with E-state index in [9.17, 15) is 4.79 Å². The predicted octanol–water partition coefficient (Wildman–Crippen LogP) is 4.40. The summed E-state index contributed by atoms with van der Waals surface area (Å²) in [7, 11) is 1.59. The maximum absolute atomic E-state index is 13.0. The molecule has 0 radical (unpaired) electrons. The maximum atomic E-state index is 13.0. The van der Waals surface area contributed by atoms with Crippen molar-refractivity contribution in [1.29, 1.82) is 0 Å². The fraction of sp³-hybridized carbons (Fsp3) is 0.190. The van der Waals surface area contributed by atoms with Crippen LogP contribution >= 0.6 is 11.3 Å². The summed E-state index contributed by atoms with van der Waals surface area (Å²) in [6.45, 7) is 2.66. The number of hydrogen-bond acceptors (Lipinski definition) is 7. The minimum Gasteiger partial charge on any atom is -0.493 e. The first-order valence-electron chi connectivity index (χ1n) is 9.09. The van der Waals surface area contributed by atoms with Crippen molar-refractivity contribution < 1.29 is 13.9 Å². The molecule has 0 saturated heterocycles. The number of fused-ring (bicyclic) bond motifs is 1. The van der Waals surface area contributed by atoms with Crippen LogP contribution in [-0.4, -0.2) is 29.6 Å². The van der Waals surface area contributed by atoms with Crippen LogP contribution in [0.5, 0.6) is 11.5 Å². The van der Waals surface area contributed by atoms with E-state index in [-0.39, 0.29) is 5.56 Å². The van der Waals surface area contributed by atoms with Crippen LogP contribution in [0.4, 0.5) is 0 Å². The Morgan fingerprint density at radius 1 is 1.31 bits per heavy atom. The SMILES string of the molecule is CCCOc1ccc(/C=N\n2cnc3scc(-c4ccco4)c3c2=O)cc1OC. The zero-order chi connectivity index (χ0) is 20.2. The molecule has 0 aliphatic heterocycles. The minimum atomic E-state index is -0.256. The summed E-state index contributed by atoms with van der Waals surface area (Å²) in [5.74, 6) is 1.92. The van der Waals surface area contributed by atoms with E-state index in [1.54, 1.807) is 25.7 Å². The van der Waals surface area contributed by atoms with E-state index in [1.165, 1.54) is 22.3 Å². The Balaban J connectivity index is 1.67. The Bertz CT molecular complexity index is 1210. The van der Waals surface area contributed by atoms with Gasteiger partial charge in [0, 0.05) is 10.9 Å². The highest BCUT2D eigenvalue weighted by Crippen LogP contribution is 2.31. The molecule has 3 aromatic heterocycles. The highest BCUT2D eigenvalue weighted by Gasteiger charge is 2.14. The first-order valence-corrected chi connectivity index (χ1v) is 9.97. The standard InChI is InChI=1S/C21H19N3O4S/c1-3-8-27-17-7-6-14(10-18(17)26-2)11-23-24-13-22-20-19(21(24)25)15(12-29-20)16-5-4-9-28-16/h4-7,9-13H,3,8H2,1-2H3/b23-11-. The van der Waals surface area contributed by atoms with E-state index in [2.05, 4.69) is 10.1 Å². The number of hydrogen-bond donors (Lipinski definition) is 0. The number of aromatic nitrogens is 2. The third-order valence-corrected chi connectivity index (χ3v) is 5.13. The molecule has 0 aliphatic rings. The molecule has 0 aliphatic carbocycles. The van der Waals surface area contributed by atoms with E-state index < -0.39 is 0 Å². The van der Waals surface area contributed by atoms with Crippen molar-refractivity contribution >= 4 is 27.8 Å². The maximum Gasteiger partial charge on any atom is 0.283 e. The minimum absolute atomic E-state index is 0.256. The van der Waals surface area contributed by atoms with Gasteiger partial charge in [-0.15, -0.1) is 11.3 Å². The molecular weight excluding hydrogens is 390 g/mol. The quantitative estimate of drug-likeness (QED) is 0.423. The van der Waals surface area contributed by atoms with Crippen LogP contribution in [0.15, 0.2) is 62.6 Å². The van der Waals surface area contributed by atoms with Gasteiger partial charge in [-0.1, -0.05) is 6.92 Å². The Kier molecular flexibility index (Phi) is 5.44. The molecule has 0 atom stereocenters. The number of nitrogens with zero attached hydrogens (tertiary/aromatic N) is 3. The van der Waals surface area contributed by atoms with Gasteiger partial charge in [0.2, 0.25) is 0 Å². The largest absolute Gasteiger partial charge is 0.493 e. The van der Waals surface area contributed by atoms with Gasteiger partial charge in [-0.3, -0.25) is 4.79 Å². The van der Waals surface area contributed by atoms with Crippen molar-refractivity contribution in [3.8, 4) is 22.8 Å². The lowest BCUT2D eigenvalue weighted by Gasteiger charge is -2.10. The molecule has 0 bridgehead atoms. The van der Waals surface area contributed by atoms with Crippen LogP contribution in [-0.2, 0) is 0 Å². The number of ether oxygens (including phenoxy) is 2. The smallest absolute Gasteiger partial charge is 0.283 e. The molecule has 0 spiro atoms. The molecule has 29 heavy (non-hydrogen) atoms. The van der Waals surface area contributed by atoms with Gasteiger partial charge in [0.15, 0.2) is 11.5 Å². The van der Waals surface area contributed by atoms with Crippen LogP contribution in [0.25, 0.3) is 21.5 Å². The number of thiophene rings is 1. The molecule has 7 nitrogen and oxygen atoms in total. The average Bonchev–Trinajstić information content (AvgIpc) is 3.42. The van der Waals surface area contributed by atoms with E-state index >= 15 is 0 Å². The summed E-state index contributed by atoms with van der Waals surface area (Å²) in [4.78, 5) is 17.9. The Labute approximate surface area is 170 Å². The molecule has 1 aromatic carbocycles. The monoisotopic (exact) mass is 409 g/mol. The third kappa shape index (κ3) is 3.79. The van der Waals surface area contributed by atoms with Gasteiger partial charge in [-0.05, 0) is 42.3 Å². The first-order chi connectivity index (χ1) is 14.2. The van der Waals surface area contributed by atoms with Crippen molar-refractivity contribution in [3.63, 3.8) is 0 Å². The third-order valence-electron chi connectivity index (χ3n) is 4.25. The molecule has 148 valence electrons. The fourth-order valence-corrected chi connectivity index (χ4v) is 3.73. The van der Waals surface area contributed by atoms with Gasteiger partial charge in [0.1, 0.15) is 16.9 Å². The highest BCUT2D eigenvalue weighted by molar-refractivity contribution is 7.17. The van der Waals surface area contributed by atoms with Gasteiger partial charge in [-0.2, -0.15) is 9.78 Å². The summed E-state index contributed by atoms with van der Waals surface area (Å²) in [6, 6.07) is 9.09. The van der Waals surface area contributed by atoms with Crippen molar-refractivity contribution in [3.05, 3.63) is 64.2 Å². The Morgan fingerprint density at radius 3 is 2.97 bits per heavy atom. The molecule has 4 aromatic rings. The Hall–Kier alpha value is -3.39. The normalized spacial score (nSPS) is 11.4. The number of furan rings is 1. The van der Waals surface area contributed by atoms with Gasteiger partial charge in [-0.25, -0.2) is 4.98 Å².